The molecule has 8 aromatic rings. The zero-order chi connectivity index (χ0) is 39.8. The summed E-state index contributed by atoms with van der Waals surface area (Å²) in [7, 11) is 1.85. The Balaban J connectivity index is 0.00000512. The van der Waals surface area contributed by atoms with Crippen molar-refractivity contribution < 1.29 is 21.1 Å². The van der Waals surface area contributed by atoms with Gasteiger partial charge in [0.25, 0.3) is 0 Å². The van der Waals surface area contributed by atoms with Gasteiger partial charge in [-0.15, -0.1) is 36.4 Å². The van der Waals surface area contributed by atoms with Gasteiger partial charge < -0.3 is 5.32 Å². The maximum Gasteiger partial charge on any atom is 2.00 e. The second kappa shape index (κ2) is 16.6. The normalized spacial score (nSPS) is 11.9. The molecule has 0 atom stereocenters. The van der Waals surface area contributed by atoms with E-state index >= 15 is 0 Å². The smallest absolute Gasteiger partial charge is 0.690 e. The van der Waals surface area contributed by atoms with Crippen molar-refractivity contribution >= 4 is 16.6 Å². The van der Waals surface area contributed by atoms with E-state index < -0.39 is 0 Å². The predicted octanol–water partition coefficient (Wildman–Crippen LogP) is 14.2. The van der Waals surface area contributed by atoms with Crippen LogP contribution in [0, 0.1) is 19.9 Å². The molecule has 4 nitrogen and oxygen atoms in total. The Morgan fingerprint density at radius 1 is 0.638 bits per heavy atom. The standard InChI is InChI=1S/C53H48N4.Pt/c1-34-17-15-18-35(2)50(34)41-27-28-55-47(33-41)43-29-42(30-44(31-43)53(5,6)7)45-23-16-24-49-51(45)56-52(36(3)37(4)54-8)57(49)48-26-25-40(38-19-11-9-12-20-38)32-46(48)39-21-13-10-14-22-39;/h9-28,30-33H,1-8H3;/q-2;+2/b37-36-;. The first-order valence-corrected chi connectivity index (χ1v) is 19.7. The number of fused-ring (bicyclic) bond motifs is 1. The number of aromatic nitrogens is 3. The van der Waals surface area contributed by atoms with Gasteiger partial charge in [0, 0.05) is 17.5 Å². The molecule has 0 N–H and O–H groups in total. The predicted molar refractivity (Wildman–Crippen MR) is 241 cm³/mol. The summed E-state index contributed by atoms with van der Waals surface area (Å²) in [6.07, 6.45) is 1.92. The number of hydrogen-bond donors (Lipinski definition) is 0. The first-order chi connectivity index (χ1) is 27.5. The quantitative estimate of drug-likeness (QED) is 0.143. The Labute approximate surface area is 358 Å². The number of para-hydroxylation sites is 1. The van der Waals surface area contributed by atoms with Gasteiger partial charge in [-0.25, -0.2) is 4.98 Å². The number of nitrogens with zero attached hydrogens (tertiary/aromatic N) is 4. The van der Waals surface area contributed by atoms with Crippen molar-refractivity contribution in [2.75, 3.05) is 7.05 Å². The zero-order valence-corrected chi connectivity index (χ0v) is 36.7. The van der Waals surface area contributed by atoms with Gasteiger partial charge in [0.2, 0.25) is 0 Å². The van der Waals surface area contributed by atoms with Crippen LogP contribution < -0.4 is 0 Å². The van der Waals surface area contributed by atoms with Gasteiger partial charge in [-0.3, -0.25) is 9.55 Å². The van der Waals surface area contributed by atoms with E-state index in [0.29, 0.717) is 0 Å². The minimum atomic E-state index is -0.120. The maximum atomic E-state index is 5.53. The molecule has 0 aliphatic carbocycles. The minimum absolute atomic E-state index is 0. The Bertz CT molecular complexity index is 2770. The molecule has 2 aromatic heterocycles. The van der Waals surface area contributed by atoms with E-state index in [9.17, 15) is 0 Å². The molecule has 6 aromatic carbocycles. The van der Waals surface area contributed by atoms with Gasteiger partial charge in [0.05, 0.1) is 16.7 Å². The molecule has 0 bridgehead atoms. The monoisotopic (exact) mass is 935 g/mol. The van der Waals surface area contributed by atoms with Crippen LogP contribution in [-0.2, 0) is 26.5 Å². The zero-order valence-electron chi connectivity index (χ0n) is 34.5. The molecule has 0 aliphatic heterocycles. The third kappa shape index (κ3) is 7.74. The van der Waals surface area contributed by atoms with E-state index in [1.165, 1.54) is 27.8 Å². The van der Waals surface area contributed by atoms with Crippen molar-refractivity contribution in [3.63, 3.8) is 0 Å². The first-order valence-electron chi connectivity index (χ1n) is 19.7. The summed E-state index contributed by atoms with van der Waals surface area (Å²) in [4.78, 5) is 10.5. The van der Waals surface area contributed by atoms with E-state index in [2.05, 4.69) is 204 Å². The molecule has 0 saturated carbocycles. The Morgan fingerprint density at radius 3 is 1.97 bits per heavy atom. The molecule has 2 heterocycles. The van der Waals surface area contributed by atoms with Crippen LogP contribution in [0.4, 0.5) is 0 Å². The molecule has 0 fully saturated rings. The van der Waals surface area contributed by atoms with E-state index in [4.69, 9.17) is 9.97 Å². The summed E-state index contributed by atoms with van der Waals surface area (Å²) in [5.41, 5.74) is 19.4. The fourth-order valence-electron chi connectivity index (χ4n) is 7.82. The number of benzene rings is 6. The molecule has 0 saturated heterocycles. The number of aryl methyl sites for hydroxylation is 2. The van der Waals surface area contributed by atoms with E-state index in [-0.39, 0.29) is 26.5 Å². The molecular weight excluding hydrogens is 888 g/mol. The average molecular weight is 936 g/mol. The van der Waals surface area contributed by atoms with Crippen LogP contribution in [0.3, 0.4) is 0 Å². The van der Waals surface area contributed by atoms with Crippen molar-refractivity contribution in [3.05, 3.63) is 185 Å². The molecule has 0 unspecified atom stereocenters. The topological polar surface area (TPSA) is 44.8 Å². The van der Waals surface area contributed by atoms with Crippen molar-refractivity contribution in [2.24, 2.45) is 0 Å². The van der Waals surface area contributed by atoms with Gasteiger partial charge >= 0.3 is 21.1 Å². The number of pyridine rings is 1. The maximum absolute atomic E-state index is 5.53. The van der Waals surface area contributed by atoms with Crippen LogP contribution in [0.25, 0.3) is 83.4 Å². The van der Waals surface area contributed by atoms with Crippen LogP contribution in [-0.4, -0.2) is 21.6 Å². The van der Waals surface area contributed by atoms with Crippen molar-refractivity contribution in [1.29, 1.82) is 0 Å². The molecule has 0 amide bonds. The largest absolute Gasteiger partial charge is 2.00 e. The van der Waals surface area contributed by atoms with E-state index in [1.54, 1.807) is 0 Å². The molecular formula is C53H48N4Pt. The van der Waals surface area contributed by atoms with Gasteiger partial charge in [-0.2, -0.15) is 5.70 Å². The second-order valence-corrected chi connectivity index (χ2v) is 16.0. The Morgan fingerprint density at radius 2 is 1.29 bits per heavy atom. The molecule has 0 spiro atoms. The van der Waals surface area contributed by atoms with Crippen LogP contribution in [0.5, 0.6) is 0 Å². The SMILES string of the molecule is C[N-]/C(C)=C(/C)c1nc2c(-c3[c-]c(-c4cc(-c5c(C)cccc5C)ccn4)cc(C(C)(C)C)c3)cccc2n1-c1ccc(-c2ccccc2)cc1-c1ccccc1.[Pt+2]. The van der Waals surface area contributed by atoms with Crippen LogP contribution in [0.2, 0.25) is 0 Å². The number of hydrogen-bond acceptors (Lipinski definition) is 2. The summed E-state index contributed by atoms with van der Waals surface area (Å²) in [5, 5.41) is 4.62. The van der Waals surface area contributed by atoms with Crippen molar-refractivity contribution in [1.82, 2.24) is 14.5 Å². The minimum Gasteiger partial charge on any atom is -0.690 e. The number of imidazole rings is 1. The Hall–Kier alpha value is -5.83. The van der Waals surface area contributed by atoms with E-state index in [1.807, 2.05) is 13.2 Å². The van der Waals surface area contributed by atoms with Crippen LogP contribution >= 0.6 is 0 Å². The second-order valence-electron chi connectivity index (χ2n) is 16.0. The summed E-state index contributed by atoms with van der Waals surface area (Å²) in [5.74, 6) is 0.861. The molecule has 0 radical (unpaired) electrons. The molecule has 58 heavy (non-hydrogen) atoms. The third-order valence-electron chi connectivity index (χ3n) is 11.2. The van der Waals surface area contributed by atoms with Crippen molar-refractivity contribution in [3.8, 4) is 61.5 Å². The summed E-state index contributed by atoms with van der Waals surface area (Å²) in [6, 6.07) is 53.7. The molecule has 0 aliphatic rings. The van der Waals surface area contributed by atoms with Gasteiger partial charge in [0.1, 0.15) is 5.82 Å². The van der Waals surface area contributed by atoms with E-state index in [0.717, 1.165) is 78.5 Å². The number of rotatable bonds is 8. The van der Waals surface area contributed by atoms with Gasteiger partial charge in [0.15, 0.2) is 0 Å². The summed E-state index contributed by atoms with van der Waals surface area (Å²) < 4.78 is 2.32. The number of allylic oxidation sites excluding steroid dienone is 2. The molecule has 5 heteroatoms. The third-order valence-corrected chi connectivity index (χ3v) is 11.2. The Kier molecular flexibility index (Phi) is 11.5. The van der Waals surface area contributed by atoms with Crippen LogP contribution in [0.1, 0.15) is 57.1 Å². The van der Waals surface area contributed by atoms with Gasteiger partial charge in [-0.05, 0) is 95.0 Å². The summed E-state index contributed by atoms with van der Waals surface area (Å²) >= 11 is 0. The fraction of sp³-hybridized carbons (Fsp3) is 0.170. The van der Waals surface area contributed by atoms with Crippen LogP contribution in [0.15, 0.2) is 151 Å². The first kappa shape index (κ1) is 40.4. The average Bonchev–Trinajstić information content (AvgIpc) is 3.63. The molecule has 8 rings (SSSR count). The fourth-order valence-corrected chi connectivity index (χ4v) is 7.82. The summed E-state index contributed by atoms with van der Waals surface area (Å²) in [6.45, 7) is 15.3. The molecule has 290 valence electrons. The van der Waals surface area contributed by atoms with Crippen molar-refractivity contribution in [2.45, 2.75) is 53.9 Å². The van der Waals surface area contributed by atoms with Gasteiger partial charge in [-0.1, -0.05) is 142 Å².